The second kappa shape index (κ2) is 9.85. The molecule has 0 aromatic carbocycles. The highest BCUT2D eigenvalue weighted by molar-refractivity contribution is 7.57. The predicted octanol–water partition coefficient (Wildman–Crippen LogP) is 2.89. The Balaban J connectivity index is 0. The smallest absolute Gasteiger partial charge is 0.284 e. The lowest BCUT2D eigenvalue weighted by Gasteiger charge is -2.23. The van der Waals surface area contributed by atoms with Crippen molar-refractivity contribution in [3.05, 3.63) is 0 Å². The number of rotatable bonds is 6. The van der Waals surface area contributed by atoms with Crippen LogP contribution in [0.2, 0.25) is 0 Å². The second-order valence-electron chi connectivity index (χ2n) is 4.48. The molecule has 106 valence electrons. The van der Waals surface area contributed by atoms with Gasteiger partial charge in [-0.15, -0.1) is 34.8 Å². The van der Waals surface area contributed by atoms with E-state index in [9.17, 15) is 9.46 Å². The van der Waals surface area contributed by atoms with Gasteiger partial charge in [-0.1, -0.05) is 0 Å². The van der Waals surface area contributed by atoms with Crippen LogP contribution in [-0.4, -0.2) is 45.6 Å². The van der Waals surface area contributed by atoms with E-state index in [1.54, 1.807) is 0 Å². The first-order valence-corrected chi connectivity index (χ1v) is 8.52. The summed E-state index contributed by atoms with van der Waals surface area (Å²) >= 11 is 16.2. The van der Waals surface area contributed by atoms with Gasteiger partial charge in [0.15, 0.2) is 0 Å². The Hall–Kier alpha value is 0.980. The van der Waals surface area contributed by atoms with Crippen molar-refractivity contribution in [2.24, 2.45) is 5.73 Å². The third kappa shape index (κ3) is 14.9. The first kappa shape index (κ1) is 20.3. The van der Waals surface area contributed by atoms with Crippen molar-refractivity contribution in [2.75, 3.05) is 30.5 Å². The van der Waals surface area contributed by atoms with Crippen LogP contribution in [0.4, 0.5) is 0 Å². The molecule has 0 amide bonds. The number of nitrogens with zero attached hydrogens (tertiary/aromatic N) is 1. The molecule has 1 unspecified atom stereocenters. The van der Waals surface area contributed by atoms with Gasteiger partial charge in [-0.25, -0.2) is 4.67 Å². The maximum absolute atomic E-state index is 11.3. The molecule has 0 fully saturated rings. The maximum atomic E-state index is 11.3. The molecule has 1 atom stereocenters. The fraction of sp³-hybridized carbons (Fsp3) is 1.00. The van der Waals surface area contributed by atoms with Crippen LogP contribution in [0, 0.1) is 0 Å². The SMILES string of the molecule is CC(C)(C)N.O=P(O)(CCl)N(CCCl)CCCl. The lowest BCUT2D eigenvalue weighted by atomic mass is 10.1. The molecule has 0 aliphatic rings. The van der Waals surface area contributed by atoms with Gasteiger partial charge in [0.1, 0.15) is 5.62 Å². The lowest BCUT2D eigenvalue weighted by Crippen LogP contribution is -2.26. The van der Waals surface area contributed by atoms with E-state index in [4.69, 9.17) is 40.5 Å². The Morgan fingerprint density at radius 1 is 1.18 bits per heavy atom. The molecule has 4 nitrogen and oxygen atoms in total. The van der Waals surface area contributed by atoms with Gasteiger partial charge < -0.3 is 10.6 Å². The highest BCUT2D eigenvalue weighted by Gasteiger charge is 2.25. The quantitative estimate of drug-likeness (QED) is 0.581. The van der Waals surface area contributed by atoms with Crippen molar-refractivity contribution in [1.29, 1.82) is 0 Å². The zero-order valence-electron chi connectivity index (χ0n) is 10.5. The van der Waals surface area contributed by atoms with Crippen LogP contribution in [0.5, 0.6) is 0 Å². The van der Waals surface area contributed by atoms with Gasteiger partial charge >= 0.3 is 0 Å². The molecule has 0 aliphatic heterocycles. The summed E-state index contributed by atoms with van der Waals surface area (Å²) < 4.78 is 12.6. The molecule has 0 saturated carbocycles. The van der Waals surface area contributed by atoms with Gasteiger partial charge in [-0.3, -0.25) is 4.57 Å². The number of hydrogen-bond donors (Lipinski definition) is 2. The topological polar surface area (TPSA) is 66.6 Å². The Morgan fingerprint density at radius 2 is 1.47 bits per heavy atom. The normalized spacial score (nSPS) is 15.1. The zero-order valence-corrected chi connectivity index (χ0v) is 13.7. The summed E-state index contributed by atoms with van der Waals surface area (Å²) in [6.07, 6.45) is 0. The van der Waals surface area contributed by atoms with E-state index in [-0.39, 0.29) is 11.2 Å². The fourth-order valence-electron chi connectivity index (χ4n) is 0.695. The summed E-state index contributed by atoms with van der Waals surface area (Å²) in [7, 11) is -3.39. The lowest BCUT2D eigenvalue weighted by molar-refractivity contribution is 0.371. The number of alkyl halides is 3. The number of nitrogens with two attached hydrogens (primary N) is 1. The summed E-state index contributed by atoms with van der Waals surface area (Å²) in [5.74, 6) is 0.580. The van der Waals surface area contributed by atoms with E-state index in [1.807, 2.05) is 20.8 Å². The van der Waals surface area contributed by atoms with E-state index in [0.717, 1.165) is 0 Å². The molecular weight excluding hydrogens is 305 g/mol. The molecule has 17 heavy (non-hydrogen) atoms. The van der Waals surface area contributed by atoms with Crippen LogP contribution in [0.25, 0.3) is 0 Å². The molecule has 0 aromatic heterocycles. The first-order chi connectivity index (χ1) is 7.58. The molecule has 0 saturated heterocycles. The van der Waals surface area contributed by atoms with Crippen molar-refractivity contribution in [2.45, 2.75) is 26.3 Å². The molecule has 8 heteroatoms. The summed E-state index contributed by atoms with van der Waals surface area (Å²) in [4.78, 5) is 9.28. The van der Waals surface area contributed by atoms with Crippen molar-refractivity contribution in [3.8, 4) is 0 Å². The predicted molar refractivity (Wildman–Crippen MR) is 77.5 cm³/mol. The van der Waals surface area contributed by atoms with Crippen LogP contribution in [0.3, 0.4) is 0 Å². The summed E-state index contributed by atoms with van der Waals surface area (Å²) in [5.41, 5.74) is 5.06. The maximum Gasteiger partial charge on any atom is 0.284 e. The minimum Gasteiger partial charge on any atom is -0.332 e. The van der Waals surface area contributed by atoms with Crippen LogP contribution in [0.15, 0.2) is 0 Å². The van der Waals surface area contributed by atoms with Crippen LogP contribution < -0.4 is 5.73 Å². The number of halogens is 3. The van der Waals surface area contributed by atoms with E-state index in [1.165, 1.54) is 4.67 Å². The summed E-state index contributed by atoms with van der Waals surface area (Å²) in [6.45, 7) is 6.55. The van der Waals surface area contributed by atoms with Crippen LogP contribution >= 0.6 is 42.3 Å². The minimum atomic E-state index is -3.39. The molecule has 0 radical (unpaired) electrons. The number of hydrogen-bond acceptors (Lipinski definition) is 2. The van der Waals surface area contributed by atoms with E-state index in [0.29, 0.717) is 24.8 Å². The Kier molecular flexibility index (Phi) is 11.8. The van der Waals surface area contributed by atoms with Crippen molar-refractivity contribution in [1.82, 2.24) is 4.67 Å². The molecule has 0 heterocycles. The molecule has 0 spiro atoms. The van der Waals surface area contributed by atoms with E-state index < -0.39 is 7.52 Å². The van der Waals surface area contributed by atoms with Gasteiger partial charge in [-0.2, -0.15) is 0 Å². The van der Waals surface area contributed by atoms with Crippen LogP contribution in [0.1, 0.15) is 20.8 Å². The molecule has 0 bridgehead atoms. The Bertz CT molecular complexity index is 225. The third-order valence-corrected chi connectivity index (χ3v) is 4.15. The van der Waals surface area contributed by atoms with Gasteiger partial charge in [-0.05, 0) is 20.8 Å². The Morgan fingerprint density at radius 3 is 1.65 bits per heavy atom. The largest absolute Gasteiger partial charge is 0.332 e. The van der Waals surface area contributed by atoms with E-state index in [2.05, 4.69) is 0 Å². The average Bonchev–Trinajstić information content (AvgIpc) is 2.15. The van der Waals surface area contributed by atoms with Crippen molar-refractivity contribution in [3.63, 3.8) is 0 Å². The third-order valence-electron chi connectivity index (χ3n) is 1.28. The first-order valence-electron chi connectivity index (χ1n) is 5.12. The summed E-state index contributed by atoms with van der Waals surface area (Å²) in [5, 5.41) is 0. The zero-order chi connectivity index (χ0) is 14.1. The molecular formula is C9H22Cl3N2O2P. The second-order valence-corrected chi connectivity index (χ2v) is 8.09. The molecule has 0 aliphatic carbocycles. The van der Waals surface area contributed by atoms with Gasteiger partial charge in [0, 0.05) is 30.4 Å². The van der Waals surface area contributed by atoms with Gasteiger partial charge in [0.25, 0.3) is 7.52 Å². The van der Waals surface area contributed by atoms with Gasteiger partial charge in [0.05, 0.1) is 0 Å². The average molecular weight is 328 g/mol. The highest BCUT2D eigenvalue weighted by Crippen LogP contribution is 2.45. The monoisotopic (exact) mass is 326 g/mol. The van der Waals surface area contributed by atoms with E-state index >= 15 is 0 Å². The highest BCUT2D eigenvalue weighted by atomic mass is 35.5. The van der Waals surface area contributed by atoms with Crippen LogP contribution in [-0.2, 0) is 4.57 Å². The molecule has 3 N–H and O–H groups in total. The fourth-order valence-corrected chi connectivity index (χ4v) is 2.77. The van der Waals surface area contributed by atoms with Crippen molar-refractivity contribution >= 4 is 42.3 Å². The van der Waals surface area contributed by atoms with Gasteiger partial charge in [0.2, 0.25) is 0 Å². The standard InChI is InChI=1S/C5H11Cl3NO2P.C4H11N/c6-1-3-9(4-2-7)12(10,11)5-8;1-4(2,3)5/h1-5H2,(H,10,11);5H2,1-3H3. The summed E-state index contributed by atoms with van der Waals surface area (Å²) in [6, 6.07) is 0. The minimum absolute atomic E-state index is 0. The Labute approximate surface area is 119 Å². The molecule has 0 rings (SSSR count). The van der Waals surface area contributed by atoms with Crippen molar-refractivity contribution < 1.29 is 9.46 Å². The molecule has 0 aromatic rings.